The maximum Gasteiger partial charge on any atom is 0.293 e. The highest BCUT2D eigenvalue weighted by Crippen LogP contribution is 2.29. The lowest BCUT2D eigenvalue weighted by Crippen LogP contribution is -2.31. The molecule has 108 valence electrons. The number of ether oxygens (including phenoxy) is 1. The molecule has 7 nitrogen and oxygen atoms in total. The van der Waals surface area contributed by atoms with E-state index in [9.17, 15) is 19.3 Å². The van der Waals surface area contributed by atoms with Crippen LogP contribution >= 0.6 is 0 Å². The van der Waals surface area contributed by atoms with Crippen LogP contribution in [-0.2, 0) is 4.74 Å². The SMILES string of the molecule is COC1CCN(C(=O)c2c(F)ccc([N+](=O)[O-])c2N)C1. The van der Waals surface area contributed by atoms with Crippen LogP contribution in [0.3, 0.4) is 0 Å². The van der Waals surface area contributed by atoms with Crippen molar-refractivity contribution in [1.29, 1.82) is 0 Å². The Morgan fingerprint density at radius 1 is 1.60 bits per heavy atom. The summed E-state index contributed by atoms with van der Waals surface area (Å²) in [6.45, 7) is 0.718. The zero-order chi connectivity index (χ0) is 14.9. The highest BCUT2D eigenvalue weighted by molar-refractivity contribution is 6.01. The van der Waals surface area contributed by atoms with Crippen molar-refractivity contribution < 1.29 is 18.8 Å². The van der Waals surface area contributed by atoms with Crippen molar-refractivity contribution in [2.45, 2.75) is 12.5 Å². The molecular formula is C12H14FN3O4. The number of benzene rings is 1. The van der Waals surface area contributed by atoms with E-state index in [0.29, 0.717) is 19.5 Å². The number of rotatable bonds is 3. The van der Waals surface area contributed by atoms with E-state index in [4.69, 9.17) is 10.5 Å². The molecule has 1 aliphatic rings. The summed E-state index contributed by atoms with van der Waals surface area (Å²) in [5.74, 6) is -1.51. The van der Waals surface area contributed by atoms with Gasteiger partial charge in [-0.2, -0.15) is 0 Å². The lowest BCUT2D eigenvalue weighted by atomic mass is 10.1. The quantitative estimate of drug-likeness (QED) is 0.510. The number of carbonyl (C=O) groups excluding carboxylic acids is 1. The average Bonchev–Trinajstić information content (AvgIpc) is 2.86. The summed E-state index contributed by atoms with van der Waals surface area (Å²) in [6, 6.07) is 1.83. The third kappa shape index (κ3) is 2.42. The second-order valence-corrected chi connectivity index (χ2v) is 4.51. The number of anilines is 1. The van der Waals surface area contributed by atoms with E-state index < -0.39 is 33.6 Å². The highest BCUT2D eigenvalue weighted by atomic mass is 19.1. The molecule has 1 aliphatic heterocycles. The molecule has 1 unspecified atom stereocenters. The predicted octanol–water partition coefficient (Wildman–Crippen LogP) is 1.18. The second-order valence-electron chi connectivity index (χ2n) is 4.51. The van der Waals surface area contributed by atoms with Crippen molar-refractivity contribution >= 4 is 17.3 Å². The zero-order valence-corrected chi connectivity index (χ0v) is 10.8. The van der Waals surface area contributed by atoms with Crippen LogP contribution in [-0.4, -0.2) is 42.0 Å². The van der Waals surface area contributed by atoms with Crippen LogP contribution in [0.4, 0.5) is 15.8 Å². The number of likely N-dealkylation sites (tertiary alicyclic amines) is 1. The molecular weight excluding hydrogens is 269 g/mol. The largest absolute Gasteiger partial charge is 0.392 e. The van der Waals surface area contributed by atoms with Crippen LogP contribution in [0.15, 0.2) is 12.1 Å². The van der Waals surface area contributed by atoms with Gasteiger partial charge < -0.3 is 15.4 Å². The molecule has 0 spiro atoms. The Morgan fingerprint density at radius 3 is 2.85 bits per heavy atom. The van der Waals surface area contributed by atoms with Gasteiger partial charge in [0.25, 0.3) is 11.6 Å². The molecule has 0 radical (unpaired) electrons. The Hall–Kier alpha value is -2.22. The number of nitrogen functional groups attached to an aromatic ring is 1. The summed E-state index contributed by atoms with van der Waals surface area (Å²) in [7, 11) is 1.53. The monoisotopic (exact) mass is 283 g/mol. The zero-order valence-electron chi connectivity index (χ0n) is 10.8. The topological polar surface area (TPSA) is 98.7 Å². The summed E-state index contributed by atoms with van der Waals surface area (Å²) in [5.41, 5.74) is 4.19. The standard InChI is InChI=1S/C12H14FN3O4/c1-20-7-4-5-15(6-7)12(17)10-8(13)2-3-9(11(10)14)16(18)19/h2-3,7H,4-6,14H2,1H3. The average molecular weight is 283 g/mol. The van der Waals surface area contributed by atoms with E-state index in [1.807, 2.05) is 0 Å². The molecule has 1 aromatic carbocycles. The summed E-state index contributed by atoms with van der Waals surface area (Å²) >= 11 is 0. The number of hydrogen-bond acceptors (Lipinski definition) is 5. The van der Waals surface area contributed by atoms with Crippen LogP contribution in [0.5, 0.6) is 0 Å². The highest BCUT2D eigenvalue weighted by Gasteiger charge is 2.31. The van der Waals surface area contributed by atoms with Crippen molar-refractivity contribution in [2.24, 2.45) is 0 Å². The van der Waals surface area contributed by atoms with Gasteiger partial charge in [-0.15, -0.1) is 0 Å². The van der Waals surface area contributed by atoms with Crippen molar-refractivity contribution in [3.8, 4) is 0 Å². The summed E-state index contributed by atoms with van der Waals surface area (Å²) in [6.07, 6.45) is 0.528. The Labute approximate surface area is 114 Å². The van der Waals surface area contributed by atoms with Crippen LogP contribution in [0, 0.1) is 15.9 Å². The van der Waals surface area contributed by atoms with Gasteiger partial charge >= 0.3 is 0 Å². The van der Waals surface area contributed by atoms with E-state index >= 15 is 0 Å². The Balaban J connectivity index is 2.35. The second kappa shape index (κ2) is 5.41. The molecule has 0 aliphatic carbocycles. The number of amides is 1. The predicted molar refractivity (Wildman–Crippen MR) is 68.8 cm³/mol. The van der Waals surface area contributed by atoms with Gasteiger partial charge in [-0.3, -0.25) is 14.9 Å². The maximum atomic E-state index is 13.8. The molecule has 1 aromatic rings. The molecule has 1 heterocycles. The van der Waals surface area contributed by atoms with Crippen molar-refractivity contribution in [2.75, 3.05) is 25.9 Å². The van der Waals surface area contributed by atoms with Gasteiger partial charge in [0, 0.05) is 26.3 Å². The fourth-order valence-corrected chi connectivity index (χ4v) is 2.22. The van der Waals surface area contributed by atoms with Gasteiger partial charge in [-0.1, -0.05) is 0 Å². The van der Waals surface area contributed by atoms with E-state index in [0.717, 1.165) is 12.1 Å². The van der Waals surface area contributed by atoms with E-state index in [1.165, 1.54) is 12.0 Å². The molecule has 1 atom stereocenters. The van der Waals surface area contributed by atoms with Gasteiger partial charge in [0.05, 0.1) is 11.0 Å². The van der Waals surface area contributed by atoms with Gasteiger partial charge in [-0.05, 0) is 12.5 Å². The van der Waals surface area contributed by atoms with E-state index in [-0.39, 0.29) is 6.10 Å². The number of halogens is 1. The van der Waals surface area contributed by atoms with Crippen LogP contribution < -0.4 is 5.73 Å². The fraction of sp³-hybridized carbons (Fsp3) is 0.417. The van der Waals surface area contributed by atoms with Crippen LogP contribution in [0.2, 0.25) is 0 Å². The Kier molecular flexibility index (Phi) is 3.84. The van der Waals surface area contributed by atoms with Crippen molar-refractivity contribution in [3.05, 3.63) is 33.6 Å². The molecule has 0 saturated carbocycles. The number of carbonyl (C=O) groups is 1. The lowest BCUT2D eigenvalue weighted by Gasteiger charge is -2.17. The summed E-state index contributed by atoms with van der Waals surface area (Å²) < 4.78 is 18.9. The summed E-state index contributed by atoms with van der Waals surface area (Å²) in [5, 5.41) is 10.8. The molecule has 8 heteroatoms. The number of nitrogens with zero attached hydrogens (tertiary/aromatic N) is 2. The number of nitrogens with two attached hydrogens (primary N) is 1. The minimum Gasteiger partial charge on any atom is -0.392 e. The fourth-order valence-electron chi connectivity index (χ4n) is 2.22. The smallest absolute Gasteiger partial charge is 0.293 e. The minimum atomic E-state index is -0.862. The van der Waals surface area contributed by atoms with Gasteiger partial charge in [0.15, 0.2) is 0 Å². The molecule has 1 fully saturated rings. The number of nitro groups is 1. The number of nitro benzene ring substituents is 1. The number of methoxy groups -OCH3 is 1. The molecule has 2 N–H and O–H groups in total. The molecule has 0 aromatic heterocycles. The molecule has 0 bridgehead atoms. The van der Waals surface area contributed by atoms with Crippen molar-refractivity contribution in [3.63, 3.8) is 0 Å². The normalized spacial score (nSPS) is 18.3. The van der Waals surface area contributed by atoms with E-state index in [1.54, 1.807) is 0 Å². The molecule has 1 amide bonds. The first-order valence-electron chi connectivity index (χ1n) is 6.00. The third-order valence-corrected chi connectivity index (χ3v) is 3.35. The molecule has 20 heavy (non-hydrogen) atoms. The van der Waals surface area contributed by atoms with Crippen LogP contribution in [0.25, 0.3) is 0 Å². The Morgan fingerprint density at radius 2 is 2.30 bits per heavy atom. The lowest BCUT2D eigenvalue weighted by molar-refractivity contribution is -0.384. The summed E-state index contributed by atoms with van der Waals surface area (Å²) in [4.78, 5) is 23.7. The van der Waals surface area contributed by atoms with Gasteiger partial charge in [0.2, 0.25) is 0 Å². The third-order valence-electron chi connectivity index (χ3n) is 3.35. The Bertz CT molecular complexity index is 564. The maximum absolute atomic E-state index is 13.8. The van der Waals surface area contributed by atoms with E-state index in [2.05, 4.69) is 0 Å². The minimum absolute atomic E-state index is 0.109. The first-order valence-corrected chi connectivity index (χ1v) is 6.00. The first-order chi connectivity index (χ1) is 9.45. The van der Waals surface area contributed by atoms with Crippen molar-refractivity contribution in [1.82, 2.24) is 4.90 Å². The van der Waals surface area contributed by atoms with Crippen LogP contribution in [0.1, 0.15) is 16.8 Å². The number of hydrogen-bond donors (Lipinski definition) is 1. The molecule has 1 saturated heterocycles. The first kappa shape index (κ1) is 14.2. The molecule has 2 rings (SSSR count). The van der Waals surface area contributed by atoms with Gasteiger partial charge in [0.1, 0.15) is 17.1 Å². The van der Waals surface area contributed by atoms with Gasteiger partial charge in [-0.25, -0.2) is 4.39 Å².